The van der Waals surface area contributed by atoms with Gasteiger partial charge in [0.15, 0.2) is 5.78 Å². The molecule has 2 aliphatic heterocycles. The Labute approximate surface area is 375 Å². The lowest BCUT2D eigenvalue weighted by Crippen LogP contribution is -2.35. The third-order valence-electron chi connectivity index (χ3n) is 14.4. The van der Waals surface area contributed by atoms with Crippen LogP contribution < -0.4 is 26.6 Å². The number of rotatable bonds is 20. The number of ketones is 1. The van der Waals surface area contributed by atoms with Crippen LogP contribution in [0.4, 0.5) is 0 Å². The summed E-state index contributed by atoms with van der Waals surface area (Å²) in [5.74, 6) is 0.769. The van der Waals surface area contributed by atoms with Crippen LogP contribution in [0.25, 0.3) is 36.1 Å². The van der Waals surface area contributed by atoms with Crippen molar-refractivity contribution in [3.63, 3.8) is 0 Å². The van der Waals surface area contributed by atoms with E-state index >= 15 is 0 Å². The standard InChI is InChI=1S/C54H74N4O5/c1-11-38-35(8)43-26-44-36(9)40(22-23-49(61)63-25-24-34(7)21-15-20-33(6)19-14-18-32(5)17-13-16-31(3)4)52(57-44)51-42(30-60)54(62)50-37(10)45(58-53(50)51)27-47-39(12-2)41(29-59)48(56-47)28-46(38)55-43/h11,24,26-33,36,40,42,52,55-59H,1,12-23,25H2,2-10H3/b34-24+,41-29-,44-26-,45-27-,48-28-/t32-,33-,36+,40+,42-,52?/m1/s1. The number of ether oxygens (including phenoxy) is 1. The van der Waals surface area contributed by atoms with Gasteiger partial charge in [-0.2, -0.15) is 0 Å². The van der Waals surface area contributed by atoms with E-state index in [1.807, 2.05) is 38.2 Å². The number of fused-ring (bicyclic) bond motifs is 8. The van der Waals surface area contributed by atoms with E-state index < -0.39 is 5.92 Å². The maximum Gasteiger partial charge on any atom is 0.306 e. The average Bonchev–Trinajstić information content (AvgIpc) is 3.99. The van der Waals surface area contributed by atoms with E-state index in [0.717, 1.165) is 98.9 Å². The lowest BCUT2D eigenvalue weighted by atomic mass is 9.80. The summed E-state index contributed by atoms with van der Waals surface area (Å²) in [6, 6.07) is -0.389. The molecule has 1 aliphatic carbocycles. The third-order valence-corrected chi connectivity index (χ3v) is 14.4. The molecule has 6 rings (SSSR count). The average molecular weight is 859 g/mol. The van der Waals surface area contributed by atoms with Gasteiger partial charge in [-0.3, -0.25) is 9.59 Å². The van der Waals surface area contributed by atoms with Gasteiger partial charge in [-0.15, -0.1) is 0 Å². The van der Waals surface area contributed by atoms with Crippen LogP contribution in [-0.4, -0.2) is 50.7 Å². The molecule has 1 saturated heterocycles. The van der Waals surface area contributed by atoms with E-state index in [2.05, 4.69) is 81.4 Å². The first-order valence-corrected chi connectivity index (χ1v) is 23.9. The molecule has 340 valence electrons. The zero-order valence-electron chi connectivity index (χ0n) is 39.6. The largest absolute Gasteiger partial charge is 0.515 e. The first-order chi connectivity index (χ1) is 30.2. The van der Waals surface area contributed by atoms with E-state index in [1.165, 1.54) is 50.5 Å². The van der Waals surface area contributed by atoms with Crippen LogP contribution in [-0.2, 0) is 20.7 Å². The van der Waals surface area contributed by atoms with Gasteiger partial charge in [0, 0.05) is 56.8 Å². The van der Waals surface area contributed by atoms with Gasteiger partial charge in [-0.25, -0.2) is 0 Å². The number of esters is 1. The minimum absolute atomic E-state index is 0.0438. The molecule has 1 unspecified atom stereocenters. The highest BCUT2D eigenvalue weighted by molar-refractivity contribution is 6.16. The van der Waals surface area contributed by atoms with Crippen molar-refractivity contribution in [2.75, 3.05) is 6.61 Å². The second-order valence-electron chi connectivity index (χ2n) is 19.5. The number of aliphatic hydroxyl groups is 1. The molecule has 5 heterocycles. The number of aromatic nitrogens is 3. The molecule has 0 aromatic carbocycles. The minimum Gasteiger partial charge on any atom is -0.515 e. The molecule has 63 heavy (non-hydrogen) atoms. The van der Waals surface area contributed by atoms with Crippen LogP contribution in [0.15, 0.2) is 23.9 Å². The van der Waals surface area contributed by atoms with Crippen LogP contribution in [0.2, 0.25) is 0 Å². The van der Waals surface area contributed by atoms with Gasteiger partial charge in [-0.05, 0) is 117 Å². The van der Waals surface area contributed by atoms with E-state index in [9.17, 15) is 19.5 Å². The van der Waals surface area contributed by atoms with Gasteiger partial charge < -0.3 is 34.9 Å². The minimum atomic E-state index is -0.944. The Kier molecular flexibility index (Phi) is 15.9. The van der Waals surface area contributed by atoms with Crippen molar-refractivity contribution in [2.24, 2.45) is 35.5 Å². The summed E-state index contributed by atoms with van der Waals surface area (Å²) >= 11 is 0. The lowest BCUT2D eigenvalue weighted by molar-refractivity contribution is -0.142. The summed E-state index contributed by atoms with van der Waals surface area (Å²) in [6.07, 6.45) is 24.6. The van der Waals surface area contributed by atoms with E-state index in [4.69, 9.17) is 4.74 Å². The lowest BCUT2D eigenvalue weighted by Gasteiger charge is -2.24. The third kappa shape index (κ3) is 10.5. The predicted molar refractivity (Wildman–Crippen MR) is 258 cm³/mol. The molecule has 0 amide bonds. The highest BCUT2D eigenvalue weighted by Gasteiger charge is 2.46. The Balaban J connectivity index is 1.19. The fraction of sp³-hybridized carbons (Fsp3) is 0.537. The quantitative estimate of drug-likeness (QED) is 0.0333. The van der Waals surface area contributed by atoms with E-state index in [1.54, 1.807) is 0 Å². The molecule has 3 aliphatic rings. The molecule has 9 nitrogen and oxygen atoms in total. The molecule has 0 spiro atoms. The Morgan fingerprint density at radius 3 is 2.22 bits per heavy atom. The number of aliphatic hydroxyl groups excluding tert-OH is 1. The molecule has 8 bridgehead atoms. The van der Waals surface area contributed by atoms with Crippen LogP contribution in [0, 0.1) is 49.4 Å². The number of H-pyrrole nitrogens is 3. The highest BCUT2D eigenvalue weighted by atomic mass is 16.5. The van der Waals surface area contributed by atoms with Crippen LogP contribution in [0.5, 0.6) is 0 Å². The number of aromatic amines is 3. The number of hydrogen-bond acceptors (Lipinski definition) is 6. The van der Waals surface area contributed by atoms with E-state index in [0.29, 0.717) is 34.5 Å². The molecule has 1 fully saturated rings. The number of Topliss-reactive ketones (excluding diaryl/α,β-unsaturated/α-hetero) is 1. The Bertz CT molecular complexity index is 2490. The van der Waals surface area contributed by atoms with Gasteiger partial charge in [-0.1, -0.05) is 105 Å². The summed E-state index contributed by atoms with van der Waals surface area (Å²) in [7, 11) is 0. The maximum atomic E-state index is 14.1. The fourth-order valence-corrected chi connectivity index (χ4v) is 10.5. The zero-order chi connectivity index (χ0) is 45.5. The second kappa shape index (κ2) is 21.1. The van der Waals surface area contributed by atoms with Gasteiger partial charge in [0.2, 0.25) is 0 Å². The Morgan fingerprint density at radius 1 is 0.889 bits per heavy atom. The topological polar surface area (TPSA) is 140 Å². The highest BCUT2D eigenvalue weighted by Crippen LogP contribution is 2.41. The predicted octanol–water partition coefficient (Wildman–Crippen LogP) is 8.90. The number of aldehydes is 1. The van der Waals surface area contributed by atoms with Crippen molar-refractivity contribution in [2.45, 2.75) is 145 Å². The van der Waals surface area contributed by atoms with Crippen molar-refractivity contribution >= 4 is 54.2 Å². The summed E-state index contributed by atoms with van der Waals surface area (Å²) in [5.41, 5.74) is 9.66. The van der Waals surface area contributed by atoms with Crippen molar-refractivity contribution in [1.29, 1.82) is 0 Å². The number of hydrogen-bond donors (Lipinski definition) is 5. The smallest absolute Gasteiger partial charge is 0.306 e. The van der Waals surface area contributed by atoms with Gasteiger partial charge in [0.25, 0.3) is 0 Å². The molecule has 0 radical (unpaired) electrons. The maximum absolute atomic E-state index is 14.1. The molecule has 0 saturated carbocycles. The van der Waals surface area contributed by atoms with Crippen LogP contribution >= 0.6 is 0 Å². The summed E-state index contributed by atoms with van der Waals surface area (Å²) in [6.45, 7) is 24.1. The van der Waals surface area contributed by atoms with Crippen molar-refractivity contribution in [3.8, 4) is 0 Å². The Morgan fingerprint density at radius 2 is 1.57 bits per heavy atom. The van der Waals surface area contributed by atoms with Crippen LogP contribution in [0.3, 0.4) is 0 Å². The first-order valence-electron chi connectivity index (χ1n) is 23.9. The summed E-state index contributed by atoms with van der Waals surface area (Å²) in [4.78, 5) is 51.1. The molecule has 6 atom stereocenters. The van der Waals surface area contributed by atoms with Gasteiger partial charge in [0.1, 0.15) is 18.8 Å². The van der Waals surface area contributed by atoms with Crippen molar-refractivity contribution in [1.82, 2.24) is 20.3 Å². The molecular formula is C54H74N4O5. The number of allylic oxidation sites excluding steroid dienone is 2. The molecule has 3 aromatic rings. The first kappa shape index (κ1) is 47.4. The summed E-state index contributed by atoms with van der Waals surface area (Å²) < 4.78 is 5.79. The normalized spacial score (nSPS) is 22.5. The molecular weight excluding hydrogens is 785 g/mol. The van der Waals surface area contributed by atoms with Gasteiger partial charge in [0.05, 0.1) is 23.0 Å². The summed E-state index contributed by atoms with van der Waals surface area (Å²) in [5, 5.41) is 17.1. The molecule has 3 aromatic heterocycles. The Hall–Kier alpha value is -5.05. The van der Waals surface area contributed by atoms with Gasteiger partial charge >= 0.3 is 5.97 Å². The SMILES string of the molecule is C=Cc1c2[nH]c(c1C)/C=C1\NC(C3=c4[nH]/c(c(C)c4C(=O)[C@@H]3C=O)=C\c3[nH]c(/c(=C\O)c3CC)=C\2)[C@@H](CCC(=O)OC/C=C(\C)CCC[C@H](C)CCC[C@H](C)CCCC(C)C)[C@@H]1C. The van der Waals surface area contributed by atoms with E-state index in [-0.39, 0.29) is 42.7 Å². The second-order valence-corrected chi connectivity index (χ2v) is 19.5. The monoisotopic (exact) mass is 859 g/mol. The molecule has 9 heteroatoms. The number of carbonyl (C=O) groups is 3. The fourth-order valence-electron chi connectivity index (χ4n) is 10.5. The van der Waals surface area contributed by atoms with Crippen molar-refractivity contribution < 1.29 is 24.2 Å². The number of nitrogens with one attached hydrogen (secondary N) is 4. The zero-order valence-corrected chi connectivity index (χ0v) is 39.6. The number of carbonyl (C=O) groups excluding carboxylic acids is 3. The van der Waals surface area contributed by atoms with Crippen molar-refractivity contribution in [3.05, 3.63) is 90.1 Å². The molecule has 5 N–H and O–H groups in total. The van der Waals surface area contributed by atoms with Crippen LogP contribution in [0.1, 0.15) is 169 Å².